The number of nitrogens with zero attached hydrogens (tertiary/aromatic N) is 3. The van der Waals surface area contributed by atoms with Crippen LogP contribution < -0.4 is 5.32 Å². The first-order valence-electron chi connectivity index (χ1n) is 10.9. The molecular weight excluding hydrogens is 424 g/mol. The molecule has 1 aromatic heterocycles. The fourth-order valence-electron chi connectivity index (χ4n) is 3.80. The molecule has 7 nitrogen and oxygen atoms in total. The molecule has 1 amide bonds. The molecule has 3 aromatic rings. The lowest BCUT2D eigenvalue weighted by molar-refractivity contribution is -0.116. The van der Waals surface area contributed by atoms with E-state index in [-0.39, 0.29) is 5.91 Å². The number of hydrogen-bond acceptors (Lipinski definition) is 4. The van der Waals surface area contributed by atoms with E-state index in [0.29, 0.717) is 43.2 Å². The summed E-state index contributed by atoms with van der Waals surface area (Å²) < 4.78 is 28.5. The predicted molar refractivity (Wildman–Crippen MR) is 124 cm³/mol. The van der Waals surface area contributed by atoms with Crippen LogP contribution in [0.1, 0.15) is 36.0 Å². The number of hydrogen-bond donors (Lipinski definition) is 1. The zero-order chi connectivity index (χ0) is 22.6. The predicted octanol–water partition coefficient (Wildman–Crippen LogP) is 3.60. The summed E-state index contributed by atoms with van der Waals surface area (Å²) in [7, 11) is -3.41. The molecule has 0 bridgehead atoms. The van der Waals surface area contributed by atoms with Gasteiger partial charge in [-0.3, -0.25) is 4.79 Å². The average Bonchev–Trinajstić information content (AvgIpc) is 3.47. The van der Waals surface area contributed by atoms with Gasteiger partial charge in [0.15, 0.2) is 0 Å². The fraction of sp³-hybridized carbons (Fsp3) is 0.333. The molecular formula is C24H28N4O3S. The highest BCUT2D eigenvalue weighted by Gasteiger charge is 2.26. The Hall–Kier alpha value is -2.97. The first kappa shape index (κ1) is 22.2. The molecule has 2 heterocycles. The lowest BCUT2D eigenvalue weighted by Crippen LogP contribution is -2.27. The second-order valence-corrected chi connectivity index (χ2v) is 10.1. The van der Waals surface area contributed by atoms with Crippen LogP contribution in [-0.2, 0) is 27.8 Å². The zero-order valence-electron chi connectivity index (χ0n) is 18.2. The van der Waals surface area contributed by atoms with Crippen molar-refractivity contribution in [3.8, 4) is 0 Å². The lowest BCUT2D eigenvalue weighted by atomic mass is 10.1. The molecule has 0 atom stereocenters. The van der Waals surface area contributed by atoms with Crippen LogP contribution in [-0.4, -0.2) is 41.5 Å². The van der Waals surface area contributed by atoms with Gasteiger partial charge in [-0.1, -0.05) is 42.0 Å². The van der Waals surface area contributed by atoms with Crippen LogP contribution >= 0.6 is 0 Å². The van der Waals surface area contributed by atoms with Crippen molar-refractivity contribution in [1.82, 2.24) is 14.1 Å². The maximum atomic E-state index is 12.6. The summed E-state index contributed by atoms with van der Waals surface area (Å²) in [5, 5.41) is 7.24. The Labute approximate surface area is 189 Å². The number of rotatable bonds is 8. The van der Waals surface area contributed by atoms with E-state index in [4.69, 9.17) is 0 Å². The standard InChI is InChI=1S/C24H28N4O3S/c1-19-4-6-21(7-5-19)18-28-23(14-15-25-28)26-24(29)13-10-20-8-11-22(12-9-20)32(30,31)27-16-2-3-17-27/h4-9,11-12,14-15H,2-3,10,13,16-18H2,1H3,(H,26,29). The van der Waals surface area contributed by atoms with Crippen molar-refractivity contribution in [3.05, 3.63) is 77.5 Å². The van der Waals surface area contributed by atoms with Gasteiger partial charge in [0.2, 0.25) is 15.9 Å². The highest BCUT2D eigenvalue weighted by Crippen LogP contribution is 2.21. The second-order valence-electron chi connectivity index (χ2n) is 8.16. The van der Waals surface area contributed by atoms with Crippen molar-refractivity contribution in [3.63, 3.8) is 0 Å². The van der Waals surface area contributed by atoms with E-state index in [9.17, 15) is 13.2 Å². The Kier molecular flexibility index (Phi) is 6.72. The van der Waals surface area contributed by atoms with Crippen LogP contribution in [0, 0.1) is 6.92 Å². The fourth-order valence-corrected chi connectivity index (χ4v) is 5.32. The van der Waals surface area contributed by atoms with Crippen LogP contribution in [0.15, 0.2) is 65.7 Å². The number of benzene rings is 2. The molecule has 1 fully saturated rings. The first-order valence-corrected chi connectivity index (χ1v) is 12.3. The first-order chi connectivity index (χ1) is 15.4. The molecule has 8 heteroatoms. The van der Waals surface area contributed by atoms with Crippen molar-refractivity contribution < 1.29 is 13.2 Å². The minimum absolute atomic E-state index is 0.107. The van der Waals surface area contributed by atoms with Crippen molar-refractivity contribution in [2.75, 3.05) is 18.4 Å². The Morgan fingerprint density at radius 2 is 1.62 bits per heavy atom. The van der Waals surface area contributed by atoms with Crippen LogP contribution in [0.5, 0.6) is 0 Å². The molecule has 1 saturated heterocycles. The van der Waals surface area contributed by atoms with E-state index >= 15 is 0 Å². The van der Waals surface area contributed by atoms with Crippen molar-refractivity contribution in [2.45, 2.75) is 44.0 Å². The van der Waals surface area contributed by atoms with Crippen LogP contribution in [0.2, 0.25) is 0 Å². The van der Waals surface area contributed by atoms with Crippen LogP contribution in [0.3, 0.4) is 0 Å². The Balaban J connectivity index is 1.32. The largest absolute Gasteiger partial charge is 0.311 e. The van der Waals surface area contributed by atoms with Gasteiger partial charge in [-0.15, -0.1) is 0 Å². The maximum Gasteiger partial charge on any atom is 0.243 e. The average molecular weight is 453 g/mol. The topological polar surface area (TPSA) is 84.3 Å². The van der Waals surface area contributed by atoms with E-state index in [1.165, 1.54) is 9.87 Å². The van der Waals surface area contributed by atoms with E-state index < -0.39 is 10.0 Å². The number of carbonyl (C=O) groups is 1. The number of sulfonamides is 1. The Bertz CT molecular complexity index is 1160. The molecule has 0 saturated carbocycles. The van der Waals surface area contributed by atoms with Gasteiger partial charge in [-0.05, 0) is 49.4 Å². The number of aryl methyl sites for hydroxylation is 2. The van der Waals surface area contributed by atoms with E-state index in [1.54, 1.807) is 41.2 Å². The summed E-state index contributed by atoms with van der Waals surface area (Å²) >= 11 is 0. The normalized spacial score (nSPS) is 14.5. The van der Waals surface area contributed by atoms with Crippen molar-refractivity contribution in [1.29, 1.82) is 0 Å². The number of carbonyl (C=O) groups excluding carboxylic acids is 1. The smallest absolute Gasteiger partial charge is 0.243 e. The Morgan fingerprint density at radius 3 is 2.31 bits per heavy atom. The molecule has 0 spiro atoms. The summed E-state index contributed by atoms with van der Waals surface area (Å²) in [6.45, 7) is 3.80. The number of aromatic nitrogens is 2. The van der Waals surface area contributed by atoms with Gasteiger partial charge in [-0.2, -0.15) is 9.40 Å². The van der Waals surface area contributed by atoms with Crippen LogP contribution in [0.4, 0.5) is 5.82 Å². The van der Waals surface area contributed by atoms with E-state index in [2.05, 4.69) is 34.7 Å². The monoisotopic (exact) mass is 452 g/mol. The van der Waals surface area contributed by atoms with E-state index in [0.717, 1.165) is 24.0 Å². The molecule has 2 aromatic carbocycles. The number of amides is 1. The Morgan fingerprint density at radius 1 is 0.969 bits per heavy atom. The van der Waals surface area contributed by atoms with Crippen molar-refractivity contribution >= 4 is 21.7 Å². The summed E-state index contributed by atoms with van der Waals surface area (Å²) in [5.74, 6) is 0.548. The SMILES string of the molecule is Cc1ccc(Cn2nccc2NC(=O)CCc2ccc(S(=O)(=O)N3CCCC3)cc2)cc1. The second kappa shape index (κ2) is 9.67. The van der Waals surface area contributed by atoms with E-state index in [1.807, 2.05) is 6.92 Å². The summed E-state index contributed by atoms with van der Waals surface area (Å²) in [6, 6.07) is 16.8. The third-order valence-corrected chi connectivity index (χ3v) is 7.62. The minimum Gasteiger partial charge on any atom is -0.311 e. The molecule has 1 aliphatic heterocycles. The highest BCUT2D eigenvalue weighted by molar-refractivity contribution is 7.89. The minimum atomic E-state index is -3.41. The van der Waals surface area contributed by atoms with Crippen molar-refractivity contribution in [2.24, 2.45) is 0 Å². The molecule has 1 aliphatic rings. The van der Waals surface area contributed by atoms with Gasteiger partial charge in [0, 0.05) is 25.6 Å². The third kappa shape index (κ3) is 5.26. The molecule has 0 aliphatic carbocycles. The molecule has 1 N–H and O–H groups in total. The van der Waals surface area contributed by atoms with Gasteiger partial charge in [0.1, 0.15) is 5.82 Å². The van der Waals surface area contributed by atoms with Crippen LogP contribution in [0.25, 0.3) is 0 Å². The zero-order valence-corrected chi connectivity index (χ0v) is 19.0. The molecule has 168 valence electrons. The van der Waals surface area contributed by atoms with Gasteiger partial charge in [-0.25, -0.2) is 13.1 Å². The lowest BCUT2D eigenvalue weighted by Gasteiger charge is -2.15. The highest BCUT2D eigenvalue weighted by atomic mass is 32.2. The molecule has 0 unspecified atom stereocenters. The number of nitrogens with one attached hydrogen (secondary N) is 1. The van der Waals surface area contributed by atoms with Gasteiger partial charge < -0.3 is 5.32 Å². The number of anilines is 1. The summed E-state index contributed by atoms with van der Waals surface area (Å²) in [4.78, 5) is 12.8. The van der Waals surface area contributed by atoms with Gasteiger partial charge >= 0.3 is 0 Å². The third-order valence-electron chi connectivity index (χ3n) is 5.70. The quantitative estimate of drug-likeness (QED) is 0.566. The maximum absolute atomic E-state index is 12.6. The van der Waals surface area contributed by atoms with Gasteiger partial charge in [0.05, 0.1) is 17.6 Å². The summed E-state index contributed by atoms with van der Waals surface area (Å²) in [5.41, 5.74) is 3.23. The molecule has 32 heavy (non-hydrogen) atoms. The molecule has 0 radical (unpaired) electrons. The summed E-state index contributed by atoms with van der Waals surface area (Å²) in [6.07, 6.45) is 4.33. The van der Waals surface area contributed by atoms with Gasteiger partial charge in [0.25, 0.3) is 0 Å². The molecule has 4 rings (SSSR count).